The number of nitrogens with zero attached hydrogens (tertiary/aromatic N) is 4. The van der Waals surface area contributed by atoms with Crippen molar-refractivity contribution in [2.24, 2.45) is 5.92 Å². The van der Waals surface area contributed by atoms with Gasteiger partial charge in [0.15, 0.2) is 5.69 Å². The van der Waals surface area contributed by atoms with Crippen molar-refractivity contribution in [1.82, 2.24) is 3.97 Å². The lowest BCUT2D eigenvalue weighted by atomic mass is 9.93. The number of carbonyl (C=O) groups is 1. The Hall–Kier alpha value is -5.59. The Morgan fingerprint density at radius 1 is 1.00 bits per heavy atom. The molecule has 1 saturated heterocycles. The van der Waals surface area contributed by atoms with Crippen LogP contribution in [0.15, 0.2) is 89.8 Å². The molecule has 8 nitrogen and oxygen atoms in total. The maximum Gasteiger partial charge on any atom is 0.310 e. The minimum atomic E-state index is -4.57. The van der Waals surface area contributed by atoms with Gasteiger partial charge in [-0.25, -0.2) is 30.4 Å². The Kier molecular flexibility index (Phi) is 7.31. The molecule has 224 valence electrons. The quantitative estimate of drug-likeness (QED) is 0.191. The fraction of sp³-hybridized carbons (Fsp3) is 0.121. The molecular formula is C33H21F3N4O4S. The SMILES string of the molecule is [C-]#[N+]c1cccc(C#N)c1-c1c(-c2cccc(N3CC(C(=O)O)C3)c2)n(S(=O)(=O)c2ccc(C(F)F)cc2)c2ccc(F)cc12. The Balaban J connectivity index is 1.71. The molecule has 0 aliphatic carbocycles. The van der Waals surface area contributed by atoms with Gasteiger partial charge >= 0.3 is 5.97 Å². The van der Waals surface area contributed by atoms with Crippen molar-refractivity contribution >= 4 is 38.3 Å². The number of carboxylic acids is 1. The molecule has 6 rings (SSSR count). The summed E-state index contributed by atoms with van der Waals surface area (Å²) in [6.07, 6.45) is -2.82. The Bertz CT molecular complexity index is 2160. The number of fused-ring (bicyclic) bond motifs is 1. The van der Waals surface area contributed by atoms with Crippen molar-refractivity contribution in [2.45, 2.75) is 11.3 Å². The topological polar surface area (TPSA) is 108 Å². The van der Waals surface area contributed by atoms with Crippen LogP contribution < -0.4 is 4.90 Å². The van der Waals surface area contributed by atoms with E-state index in [9.17, 15) is 36.8 Å². The maximum atomic E-state index is 14.9. The van der Waals surface area contributed by atoms with Crippen LogP contribution in [0.3, 0.4) is 0 Å². The van der Waals surface area contributed by atoms with Gasteiger partial charge in [-0.15, -0.1) is 0 Å². The number of rotatable bonds is 7. The summed E-state index contributed by atoms with van der Waals surface area (Å²) < 4.78 is 71.4. The monoisotopic (exact) mass is 626 g/mol. The number of anilines is 1. The van der Waals surface area contributed by atoms with Gasteiger partial charge in [-0.1, -0.05) is 36.4 Å². The number of hydrogen-bond donors (Lipinski definition) is 1. The van der Waals surface area contributed by atoms with Crippen LogP contribution >= 0.6 is 0 Å². The third-order valence-corrected chi connectivity index (χ3v) is 9.53. The van der Waals surface area contributed by atoms with E-state index in [2.05, 4.69) is 10.9 Å². The van der Waals surface area contributed by atoms with Crippen molar-refractivity contribution in [3.05, 3.63) is 113 Å². The zero-order chi connectivity index (χ0) is 32.0. The first-order valence-corrected chi connectivity index (χ1v) is 15.0. The molecule has 1 aromatic heterocycles. The molecule has 1 fully saturated rings. The minimum absolute atomic E-state index is 0.0123. The summed E-state index contributed by atoms with van der Waals surface area (Å²) in [5, 5.41) is 19.5. The first-order valence-electron chi connectivity index (χ1n) is 13.5. The van der Waals surface area contributed by atoms with Crippen LogP contribution in [0, 0.1) is 29.6 Å². The number of nitriles is 1. The van der Waals surface area contributed by atoms with Crippen LogP contribution in [0.2, 0.25) is 0 Å². The van der Waals surface area contributed by atoms with Gasteiger partial charge in [-0.3, -0.25) is 4.79 Å². The molecule has 5 aromatic rings. The molecule has 45 heavy (non-hydrogen) atoms. The lowest BCUT2D eigenvalue weighted by molar-refractivity contribution is -0.142. The highest BCUT2D eigenvalue weighted by Gasteiger charge is 2.34. The predicted octanol–water partition coefficient (Wildman–Crippen LogP) is 7.23. The van der Waals surface area contributed by atoms with Crippen molar-refractivity contribution in [2.75, 3.05) is 18.0 Å². The molecule has 0 atom stereocenters. The van der Waals surface area contributed by atoms with Gasteiger partial charge in [0, 0.05) is 52.0 Å². The van der Waals surface area contributed by atoms with Crippen molar-refractivity contribution < 1.29 is 31.5 Å². The summed E-state index contributed by atoms with van der Waals surface area (Å²) in [7, 11) is -4.57. The van der Waals surface area contributed by atoms with Gasteiger partial charge < -0.3 is 10.0 Å². The van der Waals surface area contributed by atoms with E-state index in [4.69, 9.17) is 6.57 Å². The highest BCUT2D eigenvalue weighted by Crippen LogP contribution is 2.48. The van der Waals surface area contributed by atoms with Crippen molar-refractivity contribution in [3.63, 3.8) is 0 Å². The van der Waals surface area contributed by atoms with Gasteiger partial charge in [-0.05, 0) is 48.5 Å². The minimum Gasteiger partial charge on any atom is -0.481 e. The van der Waals surface area contributed by atoms with Crippen LogP contribution in [0.5, 0.6) is 0 Å². The average molecular weight is 627 g/mol. The van der Waals surface area contributed by atoms with Crippen LogP contribution in [0.25, 0.3) is 38.1 Å². The van der Waals surface area contributed by atoms with Gasteiger partial charge in [-0.2, -0.15) is 5.26 Å². The summed E-state index contributed by atoms with van der Waals surface area (Å²) in [4.78, 5) is 16.5. The summed E-state index contributed by atoms with van der Waals surface area (Å²) in [5.74, 6) is -2.20. The molecule has 12 heteroatoms. The number of aliphatic carboxylic acids is 1. The highest BCUT2D eigenvalue weighted by molar-refractivity contribution is 7.90. The second-order valence-corrected chi connectivity index (χ2v) is 12.2. The van der Waals surface area contributed by atoms with E-state index in [1.165, 1.54) is 24.3 Å². The fourth-order valence-corrected chi connectivity index (χ4v) is 7.12. The fourth-order valence-electron chi connectivity index (χ4n) is 5.57. The summed E-state index contributed by atoms with van der Waals surface area (Å²) in [5.41, 5.74) is 0.872. The highest BCUT2D eigenvalue weighted by atomic mass is 32.2. The number of aromatic nitrogens is 1. The van der Waals surface area contributed by atoms with Gasteiger partial charge in [0.25, 0.3) is 16.4 Å². The molecule has 0 radical (unpaired) electrons. The standard InChI is InChI=1S/C33H21F3N4O4S/c1-38-27-7-3-5-21(16-37)29(27)30-26-15-23(34)10-13-28(26)40(45(43,44)25-11-8-19(9-12-25)32(35)36)31(30)20-4-2-6-24(14-20)39-17-22(18-39)33(41)42/h2-15,22,32H,17-18H2,(H,41,42). The Labute approximate surface area is 255 Å². The lowest BCUT2D eigenvalue weighted by Crippen LogP contribution is -2.50. The average Bonchev–Trinajstić information content (AvgIpc) is 3.34. The molecule has 1 aliphatic rings. The van der Waals surface area contributed by atoms with Gasteiger partial charge in [0.05, 0.1) is 34.7 Å². The zero-order valence-corrected chi connectivity index (χ0v) is 24.0. The third-order valence-electron chi connectivity index (χ3n) is 7.81. The first-order chi connectivity index (χ1) is 21.5. The number of benzene rings is 4. The molecule has 0 amide bonds. The van der Waals surface area contributed by atoms with E-state index in [1.807, 2.05) is 0 Å². The Morgan fingerprint density at radius 2 is 1.71 bits per heavy atom. The molecular weight excluding hydrogens is 605 g/mol. The molecule has 1 N–H and O–H groups in total. The van der Waals surface area contributed by atoms with E-state index in [1.54, 1.807) is 29.2 Å². The first kappa shape index (κ1) is 29.5. The molecule has 0 bridgehead atoms. The molecule has 4 aromatic carbocycles. The van der Waals surface area contributed by atoms with Crippen LogP contribution in [-0.4, -0.2) is 36.6 Å². The zero-order valence-electron chi connectivity index (χ0n) is 23.2. The van der Waals surface area contributed by atoms with Crippen molar-refractivity contribution in [1.29, 1.82) is 5.26 Å². The Morgan fingerprint density at radius 3 is 2.36 bits per heavy atom. The molecule has 0 spiro atoms. The second kappa shape index (κ2) is 11.2. The summed E-state index contributed by atoms with van der Waals surface area (Å²) >= 11 is 0. The maximum absolute atomic E-state index is 14.9. The van der Waals surface area contributed by atoms with E-state index in [-0.39, 0.29) is 62.5 Å². The van der Waals surface area contributed by atoms with Gasteiger partial charge in [0.1, 0.15) is 5.82 Å². The molecule has 1 aliphatic heterocycles. The van der Waals surface area contributed by atoms with E-state index >= 15 is 0 Å². The van der Waals surface area contributed by atoms with Crippen LogP contribution in [-0.2, 0) is 14.8 Å². The molecule has 0 saturated carbocycles. The van der Waals surface area contributed by atoms with E-state index < -0.39 is 34.2 Å². The largest absolute Gasteiger partial charge is 0.481 e. The number of alkyl halides is 2. The van der Waals surface area contributed by atoms with Crippen LogP contribution in [0.4, 0.5) is 24.5 Å². The number of carboxylic acid groups (broad SMARTS) is 1. The summed E-state index contributed by atoms with van der Waals surface area (Å²) in [6, 6.07) is 20.8. The summed E-state index contributed by atoms with van der Waals surface area (Å²) in [6.45, 7) is 8.29. The number of hydrogen-bond acceptors (Lipinski definition) is 5. The third kappa shape index (κ3) is 4.95. The van der Waals surface area contributed by atoms with E-state index in [0.717, 1.165) is 40.4 Å². The van der Waals surface area contributed by atoms with Crippen LogP contribution in [0.1, 0.15) is 17.6 Å². The molecule has 0 unspecified atom stereocenters. The normalized spacial score (nSPS) is 13.4. The smallest absolute Gasteiger partial charge is 0.310 e. The van der Waals surface area contributed by atoms with Gasteiger partial charge in [0.2, 0.25) is 0 Å². The van der Waals surface area contributed by atoms with E-state index in [0.29, 0.717) is 11.3 Å². The predicted molar refractivity (Wildman–Crippen MR) is 161 cm³/mol. The van der Waals surface area contributed by atoms with Crippen molar-refractivity contribution in [3.8, 4) is 28.5 Å². The molecule has 2 heterocycles. The lowest BCUT2D eigenvalue weighted by Gasteiger charge is -2.38. The second-order valence-electron chi connectivity index (χ2n) is 10.4. The number of halogens is 3.